The standard InChI is InChI=1S/C14H15NO4/c1-15-11-4-3-10(6-9(11)2-5-12(15)16)14(13(17)18)7-19-8-14/h3-4,6H,2,5,7-8H2,1H3,(H,17,18). The number of benzene rings is 1. The van der Waals surface area contributed by atoms with E-state index in [1.54, 1.807) is 18.0 Å². The molecule has 5 nitrogen and oxygen atoms in total. The fraction of sp³-hybridized carbons (Fsp3) is 0.429. The first-order chi connectivity index (χ1) is 9.04. The lowest BCUT2D eigenvalue weighted by Crippen LogP contribution is -2.53. The van der Waals surface area contributed by atoms with E-state index in [2.05, 4.69) is 0 Å². The van der Waals surface area contributed by atoms with E-state index in [0.29, 0.717) is 12.8 Å². The summed E-state index contributed by atoms with van der Waals surface area (Å²) in [6.45, 7) is 0.436. The minimum atomic E-state index is -0.908. The zero-order chi connectivity index (χ0) is 13.6. The van der Waals surface area contributed by atoms with E-state index in [4.69, 9.17) is 4.74 Å². The second kappa shape index (κ2) is 4.06. The highest BCUT2D eigenvalue weighted by Gasteiger charge is 2.48. The van der Waals surface area contributed by atoms with Crippen LogP contribution in [-0.4, -0.2) is 37.2 Å². The lowest BCUT2D eigenvalue weighted by atomic mass is 9.77. The Bertz CT molecular complexity index is 563. The van der Waals surface area contributed by atoms with Crippen molar-refractivity contribution in [3.8, 4) is 0 Å². The van der Waals surface area contributed by atoms with Gasteiger partial charge in [-0.3, -0.25) is 9.59 Å². The molecule has 0 unspecified atom stereocenters. The van der Waals surface area contributed by atoms with Crippen LogP contribution in [-0.2, 0) is 26.2 Å². The summed E-state index contributed by atoms with van der Waals surface area (Å²) in [5.41, 5.74) is 1.77. The summed E-state index contributed by atoms with van der Waals surface area (Å²) in [7, 11) is 1.75. The first-order valence-corrected chi connectivity index (χ1v) is 6.26. The fourth-order valence-corrected chi connectivity index (χ4v) is 2.67. The van der Waals surface area contributed by atoms with Gasteiger partial charge in [0.1, 0.15) is 5.41 Å². The number of aliphatic carboxylic acids is 1. The van der Waals surface area contributed by atoms with Crippen LogP contribution in [0.2, 0.25) is 0 Å². The first kappa shape index (κ1) is 12.2. The summed E-state index contributed by atoms with van der Waals surface area (Å²) in [6, 6.07) is 5.55. The van der Waals surface area contributed by atoms with E-state index in [9.17, 15) is 14.7 Å². The third kappa shape index (κ3) is 1.65. The molecular weight excluding hydrogens is 246 g/mol. The smallest absolute Gasteiger partial charge is 0.318 e. The Morgan fingerprint density at radius 1 is 1.37 bits per heavy atom. The van der Waals surface area contributed by atoms with Gasteiger partial charge in [0.25, 0.3) is 0 Å². The van der Waals surface area contributed by atoms with Gasteiger partial charge in [0, 0.05) is 19.2 Å². The Hall–Kier alpha value is -1.88. The van der Waals surface area contributed by atoms with Gasteiger partial charge in [0.2, 0.25) is 5.91 Å². The number of hydrogen-bond donors (Lipinski definition) is 1. The molecule has 2 aliphatic rings. The summed E-state index contributed by atoms with van der Waals surface area (Å²) < 4.78 is 5.09. The molecule has 1 fully saturated rings. The van der Waals surface area contributed by atoms with Crippen molar-refractivity contribution in [3.05, 3.63) is 29.3 Å². The molecule has 1 amide bonds. The molecule has 100 valence electrons. The number of anilines is 1. The van der Waals surface area contributed by atoms with Crippen molar-refractivity contribution in [1.82, 2.24) is 0 Å². The second-order valence-corrected chi connectivity index (χ2v) is 5.18. The van der Waals surface area contributed by atoms with E-state index in [0.717, 1.165) is 16.8 Å². The van der Waals surface area contributed by atoms with Gasteiger partial charge in [-0.15, -0.1) is 0 Å². The molecule has 19 heavy (non-hydrogen) atoms. The minimum Gasteiger partial charge on any atom is -0.480 e. The summed E-state index contributed by atoms with van der Waals surface area (Å²) in [5.74, 6) is -0.751. The number of rotatable bonds is 2. The van der Waals surface area contributed by atoms with Crippen molar-refractivity contribution < 1.29 is 19.4 Å². The summed E-state index contributed by atoms with van der Waals surface area (Å²) >= 11 is 0. The maximum absolute atomic E-state index is 11.6. The van der Waals surface area contributed by atoms with Gasteiger partial charge >= 0.3 is 5.97 Å². The molecule has 5 heteroatoms. The SMILES string of the molecule is CN1C(=O)CCc2cc(C3(C(=O)O)COC3)ccc21. The molecule has 1 saturated heterocycles. The maximum Gasteiger partial charge on any atom is 0.318 e. The van der Waals surface area contributed by atoms with Crippen LogP contribution in [0.5, 0.6) is 0 Å². The lowest BCUT2D eigenvalue weighted by molar-refractivity contribution is -0.163. The van der Waals surface area contributed by atoms with Crippen LogP contribution < -0.4 is 4.90 Å². The topological polar surface area (TPSA) is 66.8 Å². The number of carboxylic acids is 1. The molecule has 0 saturated carbocycles. The van der Waals surface area contributed by atoms with E-state index < -0.39 is 11.4 Å². The van der Waals surface area contributed by atoms with Gasteiger partial charge in [-0.05, 0) is 23.6 Å². The highest BCUT2D eigenvalue weighted by atomic mass is 16.5. The van der Waals surface area contributed by atoms with E-state index in [1.165, 1.54) is 0 Å². The first-order valence-electron chi connectivity index (χ1n) is 6.26. The predicted molar refractivity (Wildman–Crippen MR) is 68.3 cm³/mol. The Labute approximate surface area is 110 Å². The molecule has 2 aliphatic heterocycles. The van der Waals surface area contributed by atoms with Gasteiger partial charge < -0.3 is 14.7 Å². The highest BCUT2D eigenvalue weighted by molar-refractivity contribution is 5.96. The number of ether oxygens (including phenoxy) is 1. The van der Waals surface area contributed by atoms with E-state index in [1.807, 2.05) is 12.1 Å². The van der Waals surface area contributed by atoms with Crippen molar-refractivity contribution in [1.29, 1.82) is 0 Å². The Morgan fingerprint density at radius 3 is 2.68 bits per heavy atom. The number of carbonyl (C=O) groups is 2. The normalized spacial score (nSPS) is 20.7. The van der Waals surface area contributed by atoms with Gasteiger partial charge in [-0.1, -0.05) is 12.1 Å². The molecule has 0 radical (unpaired) electrons. The predicted octanol–water partition coefficient (Wildman–Crippen LogP) is 0.948. The van der Waals surface area contributed by atoms with Crippen molar-refractivity contribution in [2.75, 3.05) is 25.2 Å². The summed E-state index contributed by atoms with van der Waals surface area (Å²) in [6.07, 6.45) is 1.15. The van der Waals surface area contributed by atoms with Crippen molar-refractivity contribution in [2.24, 2.45) is 0 Å². The Kier molecular flexibility index (Phi) is 2.60. The average molecular weight is 261 g/mol. The second-order valence-electron chi connectivity index (χ2n) is 5.18. The van der Waals surface area contributed by atoms with Gasteiger partial charge in [0.05, 0.1) is 13.2 Å². The van der Waals surface area contributed by atoms with Crippen molar-refractivity contribution in [3.63, 3.8) is 0 Å². The number of aryl methyl sites for hydroxylation is 1. The van der Waals surface area contributed by atoms with Crippen LogP contribution in [0.25, 0.3) is 0 Å². The third-order valence-corrected chi connectivity index (χ3v) is 4.08. The van der Waals surface area contributed by atoms with Crippen molar-refractivity contribution in [2.45, 2.75) is 18.3 Å². The average Bonchev–Trinajstić information content (AvgIpc) is 2.32. The van der Waals surface area contributed by atoms with Crippen LogP contribution in [0.1, 0.15) is 17.5 Å². The maximum atomic E-state index is 11.6. The molecule has 3 rings (SSSR count). The van der Waals surface area contributed by atoms with Crippen LogP contribution in [0.15, 0.2) is 18.2 Å². The number of amides is 1. The fourth-order valence-electron chi connectivity index (χ4n) is 2.67. The zero-order valence-corrected chi connectivity index (χ0v) is 10.7. The van der Waals surface area contributed by atoms with Gasteiger partial charge in [-0.25, -0.2) is 0 Å². The van der Waals surface area contributed by atoms with Crippen molar-refractivity contribution >= 4 is 17.6 Å². The van der Waals surface area contributed by atoms with Crippen LogP contribution in [0, 0.1) is 0 Å². The van der Waals surface area contributed by atoms with Gasteiger partial charge in [0.15, 0.2) is 0 Å². The highest BCUT2D eigenvalue weighted by Crippen LogP contribution is 2.36. The Morgan fingerprint density at radius 2 is 2.11 bits per heavy atom. The monoisotopic (exact) mass is 261 g/mol. The quantitative estimate of drug-likeness (QED) is 0.860. The van der Waals surface area contributed by atoms with Crippen LogP contribution in [0.3, 0.4) is 0 Å². The number of carbonyl (C=O) groups excluding carboxylic acids is 1. The van der Waals surface area contributed by atoms with Crippen LogP contribution in [0.4, 0.5) is 5.69 Å². The molecule has 0 aromatic heterocycles. The molecule has 0 spiro atoms. The molecule has 2 heterocycles. The Balaban J connectivity index is 2.03. The van der Waals surface area contributed by atoms with E-state index in [-0.39, 0.29) is 19.1 Å². The molecule has 0 bridgehead atoms. The number of hydrogen-bond acceptors (Lipinski definition) is 3. The molecule has 1 aromatic rings. The number of carboxylic acid groups (broad SMARTS) is 1. The molecule has 1 aromatic carbocycles. The molecule has 0 atom stereocenters. The minimum absolute atomic E-state index is 0.0974. The van der Waals surface area contributed by atoms with Crippen LogP contribution >= 0.6 is 0 Å². The summed E-state index contributed by atoms with van der Waals surface area (Å²) in [5, 5.41) is 9.39. The number of nitrogens with zero attached hydrogens (tertiary/aromatic N) is 1. The molecule has 0 aliphatic carbocycles. The molecule has 1 N–H and O–H groups in total. The van der Waals surface area contributed by atoms with E-state index >= 15 is 0 Å². The third-order valence-electron chi connectivity index (χ3n) is 4.08. The number of fused-ring (bicyclic) bond motifs is 1. The molecular formula is C14H15NO4. The largest absolute Gasteiger partial charge is 0.480 e. The summed E-state index contributed by atoms with van der Waals surface area (Å²) in [4.78, 5) is 24.7. The van der Waals surface area contributed by atoms with Gasteiger partial charge in [-0.2, -0.15) is 0 Å². The zero-order valence-electron chi connectivity index (χ0n) is 10.7. The lowest BCUT2D eigenvalue weighted by Gasteiger charge is -2.38.